The van der Waals surface area contributed by atoms with Gasteiger partial charge in [-0.05, 0) is 20.3 Å². The highest BCUT2D eigenvalue weighted by Gasteiger charge is 2.15. The lowest BCUT2D eigenvalue weighted by Crippen LogP contribution is -2.23. The van der Waals surface area contributed by atoms with Gasteiger partial charge in [0.25, 0.3) is 0 Å². The van der Waals surface area contributed by atoms with Gasteiger partial charge in [0.2, 0.25) is 6.29 Å². The van der Waals surface area contributed by atoms with Gasteiger partial charge in [-0.25, -0.2) is 4.79 Å². The van der Waals surface area contributed by atoms with E-state index in [1.165, 1.54) is 6.92 Å². The monoisotopic (exact) mass is 218 g/mol. The topological polar surface area (TPSA) is 61.8 Å². The Kier molecular flexibility index (Phi) is 6.49. The van der Waals surface area contributed by atoms with Crippen molar-refractivity contribution in [1.82, 2.24) is 0 Å². The predicted octanol–water partition coefficient (Wildman–Crippen LogP) is 2.24. The van der Waals surface area contributed by atoms with Gasteiger partial charge >= 0.3 is 12.1 Å². The van der Waals surface area contributed by atoms with Gasteiger partial charge in [-0.2, -0.15) is 0 Å². The molecule has 0 saturated heterocycles. The molecular weight excluding hydrogens is 200 g/mol. The van der Waals surface area contributed by atoms with Crippen molar-refractivity contribution in [3.8, 4) is 0 Å². The minimum Gasteiger partial charge on any atom is -0.431 e. The van der Waals surface area contributed by atoms with Crippen LogP contribution in [0.4, 0.5) is 4.79 Å². The zero-order valence-electron chi connectivity index (χ0n) is 9.61. The molecule has 0 amide bonds. The van der Waals surface area contributed by atoms with Crippen LogP contribution in [0.1, 0.15) is 40.5 Å². The number of ether oxygens (including phenoxy) is 3. The Labute approximate surface area is 89.7 Å². The van der Waals surface area contributed by atoms with Gasteiger partial charge < -0.3 is 14.2 Å². The number of hydrogen-bond donors (Lipinski definition) is 0. The van der Waals surface area contributed by atoms with Crippen molar-refractivity contribution in [2.24, 2.45) is 0 Å². The van der Waals surface area contributed by atoms with Crippen molar-refractivity contribution < 1.29 is 23.8 Å². The largest absolute Gasteiger partial charge is 0.511 e. The Hall–Kier alpha value is -1.26. The van der Waals surface area contributed by atoms with Crippen LogP contribution in [-0.2, 0) is 19.0 Å². The summed E-state index contributed by atoms with van der Waals surface area (Å²) in [5.74, 6) is -0.387. The summed E-state index contributed by atoms with van der Waals surface area (Å²) in [6.07, 6.45) is -0.984. The first-order valence-corrected chi connectivity index (χ1v) is 5.02. The molecule has 0 aliphatic carbocycles. The van der Waals surface area contributed by atoms with Gasteiger partial charge in [0.05, 0.1) is 6.10 Å². The molecule has 88 valence electrons. The molecular formula is C10H18O5. The van der Waals surface area contributed by atoms with Crippen molar-refractivity contribution in [2.45, 2.75) is 52.9 Å². The zero-order chi connectivity index (χ0) is 11.8. The van der Waals surface area contributed by atoms with Crippen LogP contribution in [0.5, 0.6) is 0 Å². The van der Waals surface area contributed by atoms with Crippen LogP contribution in [0.3, 0.4) is 0 Å². The van der Waals surface area contributed by atoms with Crippen LogP contribution >= 0.6 is 0 Å². The molecule has 5 heteroatoms. The van der Waals surface area contributed by atoms with Crippen molar-refractivity contribution in [2.75, 3.05) is 0 Å². The van der Waals surface area contributed by atoms with E-state index in [1.807, 2.05) is 6.92 Å². The number of carbonyl (C=O) groups excluding carboxylic acids is 2. The van der Waals surface area contributed by atoms with Gasteiger partial charge in [-0.15, -0.1) is 0 Å². The molecule has 0 N–H and O–H groups in total. The summed E-state index contributed by atoms with van der Waals surface area (Å²) in [6, 6.07) is 0. The maximum atomic E-state index is 11.0. The fourth-order valence-corrected chi connectivity index (χ4v) is 0.828. The van der Waals surface area contributed by atoms with E-state index in [2.05, 4.69) is 4.74 Å². The Morgan fingerprint density at radius 3 is 2.13 bits per heavy atom. The maximum Gasteiger partial charge on any atom is 0.511 e. The van der Waals surface area contributed by atoms with Gasteiger partial charge in [-0.1, -0.05) is 6.92 Å². The molecule has 0 rings (SSSR count). The molecule has 0 aliphatic heterocycles. The summed E-state index contributed by atoms with van der Waals surface area (Å²) in [6.45, 7) is 6.74. The second-order valence-corrected chi connectivity index (χ2v) is 3.34. The molecule has 0 radical (unpaired) electrons. The first kappa shape index (κ1) is 13.7. The van der Waals surface area contributed by atoms with Crippen molar-refractivity contribution in [3.05, 3.63) is 0 Å². The fourth-order valence-electron chi connectivity index (χ4n) is 0.828. The first-order chi connectivity index (χ1) is 6.95. The molecule has 0 spiro atoms. The average molecular weight is 218 g/mol. The Morgan fingerprint density at radius 2 is 1.67 bits per heavy atom. The second-order valence-electron chi connectivity index (χ2n) is 3.34. The Morgan fingerprint density at radius 1 is 1.07 bits per heavy atom. The van der Waals surface area contributed by atoms with E-state index < -0.39 is 12.4 Å². The highest BCUT2D eigenvalue weighted by molar-refractivity contribution is 5.69. The van der Waals surface area contributed by atoms with Crippen molar-refractivity contribution >= 4 is 12.1 Å². The summed E-state index contributed by atoms with van der Waals surface area (Å²) >= 11 is 0. The lowest BCUT2D eigenvalue weighted by atomic mass is 10.3. The molecule has 0 aliphatic rings. The Bertz CT molecular complexity index is 212. The normalized spacial score (nSPS) is 12.1. The molecule has 0 bridgehead atoms. The number of hydrogen-bond acceptors (Lipinski definition) is 5. The first-order valence-electron chi connectivity index (χ1n) is 5.02. The highest BCUT2D eigenvalue weighted by atomic mass is 16.8. The number of carbonyl (C=O) groups is 2. The van der Waals surface area contributed by atoms with Gasteiger partial charge in [0, 0.05) is 13.3 Å². The molecule has 0 saturated carbocycles. The molecule has 15 heavy (non-hydrogen) atoms. The van der Waals surface area contributed by atoms with Gasteiger partial charge in [0.15, 0.2) is 0 Å². The molecule has 0 aromatic carbocycles. The van der Waals surface area contributed by atoms with Crippen molar-refractivity contribution in [3.63, 3.8) is 0 Å². The van der Waals surface area contributed by atoms with Crippen molar-refractivity contribution in [1.29, 1.82) is 0 Å². The number of rotatable bonds is 5. The minimum atomic E-state index is -0.907. The third-order valence-corrected chi connectivity index (χ3v) is 1.35. The van der Waals surface area contributed by atoms with Crippen LogP contribution < -0.4 is 0 Å². The number of esters is 1. The van der Waals surface area contributed by atoms with E-state index in [-0.39, 0.29) is 12.1 Å². The summed E-state index contributed by atoms with van der Waals surface area (Å²) in [4.78, 5) is 22.0. The third kappa shape index (κ3) is 7.78. The van der Waals surface area contributed by atoms with E-state index in [0.29, 0.717) is 12.8 Å². The van der Waals surface area contributed by atoms with Crippen LogP contribution in [0, 0.1) is 0 Å². The third-order valence-electron chi connectivity index (χ3n) is 1.35. The predicted molar refractivity (Wildman–Crippen MR) is 53.2 cm³/mol. The molecule has 0 fully saturated rings. The zero-order valence-corrected chi connectivity index (χ0v) is 9.61. The van der Waals surface area contributed by atoms with Gasteiger partial charge in [0.1, 0.15) is 0 Å². The summed E-state index contributed by atoms with van der Waals surface area (Å²) in [7, 11) is 0. The van der Waals surface area contributed by atoms with Crippen LogP contribution in [0.15, 0.2) is 0 Å². The standard InChI is InChI=1S/C10H18O5/c1-5-6-9(11)14-8(4)15-10(12)13-7(2)3/h7-8H,5-6H2,1-4H3. The molecule has 0 heterocycles. The molecule has 0 aromatic heterocycles. The quantitative estimate of drug-likeness (QED) is 0.523. The van der Waals surface area contributed by atoms with E-state index in [9.17, 15) is 9.59 Å². The summed E-state index contributed by atoms with van der Waals surface area (Å²) < 4.78 is 14.2. The fraction of sp³-hybridized carbons (Fsp3) is 0.800. The maximum absolute atomic E-state index is 11.0. The van der Waals surface area contributed by atoms with E-state index in [1.54, 1.807) is 13.8 Å². The second kappa shape index (κ2) is 7.09. The van der Waals surface area contributed by atoms with Crippen LogP contribution in [-0.4, -0.2) is 24.5 Å². The van der Waals surface area contributed by atoms with Crippen LogP contribution in [0.2, 0.25) is 0 Å². The summed E-state index contributed by atoms with van der Waals surface area (Å²) in [5.41, 5.74) is 0. The average Bonchev–Trinajstić information content (AvgIpc) is 2.00. The van der Waals surface area contributed by atoms with E-state index in [4.69, 9.17) is 9.47 Å². The molecule has 0 aromatic rings. The lowest BCUT2D eigenvalue weighted by Gasteiger charge is -2.14. The SMILES string of the molecule is CCCC(=O)OC(C)OC(=O)OC(C)C. The Balaban J connectivity index is 3.77. The smallest absolute Gasteiger partial charge is 0.431 e. The van der Waals surface area contributed by atoms with E-state index >= 15 is 0 Å². The van der Waals surface area contributed by atoms with Crippen LogP contribution in [0.25, 0.3) is 0 Å². The minimum absolute atomic E-state index is 0.254. The molecule has 1 unspecified atom stereocenters. The van der Waals surface area contributed by atoms with E-state index in [0.717, 1.165) is 0 Å². The van der Waals surface area contributed by atoms with Gasteiger partial charge in [-0.3, -0.25) is 4.79 Å². The molecule has 1 atom stereocenters. The molecule has 5 nitrogen and oxygen atoms in total. The summed E-state index contributed by atoms with van der Waals surface area (Å²) in [5, 5.41) is 0. The lowest BCUT2D eigenvalue weighted by molar-refractivity contribution is -0.168. The highest BCUT2D eigenvalue weighted by Crippen LogP contribution is 2.02.